The zero-order valence-electron chi connectivity index (χ0n) is 18.2. The van der Waals surface area contributed by atoms with Crippen molar-refractivity contribution in [2.75, 3.05) is 26.2 Å². The van der Waals surface area contributed by atoms with E-state index in [1.54, 1.807) is 0 Å². The van der Waals surface area contributed by atoms with Gasteiger partial charge < -0.3 is 10.1 Å². The lowest BCUT2D eigenvalue weighted by molar-refractivity contribution is -0.126. The average Bonchev–Trinajstić information content (AvgIpc) is 2.73. The minimum absolute atomic E-state index is 0.0298. The van der Waals surface area contributed by atoms with E-state index >= 15 is 0 Å². The van der Waals surface area contributed by atoms with Crippen LogP contribution in [0.15, 0.2) is 36.4 Å². The fourth-order valence-corrected chi connectivity index (χ4v) is 5.76. The normalized spacial score (nSPS) is 15.5. The molecule has 0 atom stereocenters. The molecule has 0 bridgehead atoms. The first kappa shape index (κ1) is 24.5. The predicted molar refractivity (Wildman–Crippen MR) is 123 cm³/mol. The molecule has 9 heteroatoms. The Kier molecular flexibility index (Phi) is 8.14. The largest absolute Gasteiger partial charge is 0.492 e. The molecular formula is C23H28ClFN2O4S. The van der Waals surface area contributed by atoms with E-state index in [0.717, 1.165) is 16.9 Å². The molecule has 32 heavy (non-hydrogen) atoms. The van der Waals surface area contributed by atoms with Gasteiger partial charge in [-0.3, -0.25) is 4.79 Å². The van der Waals surface area contributed by atoms with Crippen LogP contribution in [-0.4, -0.2) is 44.9 Å². The fraction of sp³-hybridized carbons (Fsp3) is 0.435. The van der Waals surface area contributed by atoms with Crippen molar-refractivity contribution in [2.45, 2.75) is 32.4 Å². The number of rotatable bonds is 8. The van der Waals surface area contributed by atoms with Crippen LogP contribution in [0.3, 0.4) is 0 Å². The number of piperidine rings is 1. The van der Waals surface area contributed by atoms with E-state index in [1.807, 2.05) is 26.0 Å². The second-order valence-electron chi connectivity index (χ2n) is 8.09. The van der Waals surface area contributed by atoms with Crippen molar-refractivity contribution in [3.8, 4) is 5.75 Å². The molecule has 0 unspecified atom stereocenters. The van der Waals surface area contributed by atoms with Crippen LogP contribution in [0.1, 0.15) is 29.5 Å². The van der Waals surface area contributed by atoms with Gasteiger partial charge in [0.1, 0.15) is 18.2 Å². The molecule has 0 aliphatic carbocycles. The smallest absolute Gasteiger partial charge is 0.223 e. The van der Waals surface area contributed by atoms with E-state index < -0.39 is 21.6 Å². The van der Waals surface area contributed by atoms with Gasteiger partial charge in [-0.1, -0.05) is 23.7 Å². The first-order chi connectivity index (χ1) is 15.2. The van der Waals surface area contributed by atoms with Crippen molar-refractivity contribution in [3.05, 3.63) is 63.9 Å². The highest BCUT2D eigenvalue weighted by atomic mass is 35.5. The average molecular weight is 483 g/mol. The molecule has 1 amide bonds. The first-order valence-corrected chi connectivity index (χ1v) is 12.5. The van der Waals surface area contributed by atoms with Gasteiger partial charge in [0.2, 0.25) is 15.9 Å². The molecule has 1 aliphatic rings. The Bertz CT molecular complexity index is 1030. The Morgan fingerprint density at radius 2 is 1.84 bits per heavy atom. The number of amides is 1. The van der Waals surface area contributed by atoms with Gasteiger partial charge in [-0.15, -0.1) is 0 Å². The number of nitrogens with one attached hydrogen (secondary N) is 1. The van der Waals surface area contributed by atoms with Crippen LogP contribution < -0.4 is 10.1 Å². The van der Waals surface area contributed by atoms with Gasteiger partial charge >= 0.3 is 0 Å². The molecule has 1 fully saturated rings. The van der Waals surface area contributed by atoms with Crippen LogP contribution in [0.2, 0.25) is 5.02 Å². The Labute approximate surface area is 193 Å². The summed E-state index contributed by atoms with van der Waals surface area (Å²) in [5.74, 6) is -0.739. The van der Waals surface area contributed by atoms with Crippen molar-refractivity contribution in [2.24, 2.45) is 5.92 Å². The Balaban J connectivity index is 1.44. The van der Waals surface area contributed by atoms with Crippen LogP contribution in [0.25, 0.3) is 0 Å². The van der Waals surface area contributed by atoms with Crippen LogP contribution in [-0.2, 0) is 20.6 Å². The van der Waals surface area contributed by atoms with Gasteiger partial charge in [0.25, 0.3) is 0 Å². The van der Waals surface area contributed by atoms with Crippen LogP contribution in [0.4, 0.5) is 4.39 Å². The maximum atomic E-state index is 14.0. The summed E-state index contributed by atoms with van der Waals surface area (Å²) in [6, 6.07) is 10.0. The van der Waals surface area contributed by atoms with E-state index in [4.69, 9.17) is 16.3 Å². The number of ether oxygens (including phenoxy) is 1. The molecule has 2 aromatic rings. The minimum atomic E-state index is -3.73. The molecular weight excluding hydrogens is 455 g/mol. The van der Waals surface area contributed by atoms with E-state index in [-0.39, 0.29) is 35.5 Å². The van der Waals surface area contributed by atoms with Gasteiger partial charge in [0, 0.05) is 29.6 Å². The number of nitrogens with zero attached hydrogens (tertiary/aromatic N) is 1. The van der Waals surface area contributed by atoms with Crippen molar-refractivity contribution in [1.29, 1.82) is 0 Å². The summed E-state index contributed by atoms with van der Waals surface area (Å²) in [6.07, 6.45) is 0.821. The maximum absolute atomic E-state index is 14.0. The highest BCUT2D eigenvalue weighted by molar-refractivity contribution is 7.88. The van der Waals surface area contributed by atoms with Gasteiger partial charge in [-0.25, -0.2) is 17.1 Å². The standard InChI is InChI=1S/C23H28ClFN2O4S/c1-16-12-17(2)14-19(13-16)31-11-8-26-23(28)18-6-9-27(10-7-18)32(29,30)15-20-21(24)4-3-5-22(20)25/h3-5,12-14,18H,6-11,15H2,1-2H3,(H,26,28). The fourth-order valence-electron chi connectivity index (χ4n) is 3.84. The predicted octanol–water partition coefficient (Wildman–Crippen LogP) is 3.83. The molecule has 1 heterocycles. The molecule has 0 aromatic heterocycles. The quantitative estimate of drug-likeness (QED) is 0.580. The monoisotopic (exact) mass is 482 g/mol. The number of sulfonamides is 1. The lowest BCUT2D eigenvalue weighted by Crippen LogP contribution is -2.44. The van der Waals surface area contributed by atoms with Crippen LogP contribution >= 0.6 is 11.6 Å². The highest BCUT2D eigenvalue weighted by Crippen LogP contribution is 2.26. The Morgan fingerprint density at radius 1 is 1.19 bits per heavy atom. The maximum Gasteiger partial charge on any atom is 0.223 e. The summed E-state index contributed by atoms with van der Waals surface area (Å²) in [5.41, 5.74) is 2.20. The molecule has 1 aliphatic heterocycles. The highest BCUT2D eigenvalue weighted by Gasteiger charge is 2.32. The van der Waals surface area contributed by atoms with Gasteiger partial charge in [0.05, 0.1) is 12.3 Å². The molecule has 1 N–H and O–H groups in total. The van der Waals surface area contributed by atoms with E-state index in [1.165, 1.54) is 22.5 Å². The molecule has 174 valence electrons. The third-order valence-corrected chi connectivity index (χ3v) is 7.63. The first-order valence-electron chi connectivity index (χ1n) is 10.6. The van der Waals surface area contributed by atoms with Gasteiger partial charge in [0.15, 0.2) is 0 Å². The van der Waals surface area contributed by atoms with Gasteiger partial charge in [-0.2, -0.15) is 0 Å². The summed E-state index contributed by atoms with van der Waals surface area (Å²) in [5, 5.41) is 2.95. The Hall–Kier alpha value is -2.16. The summed E-state index contributed by atoms with van der Waals surface area (Å²) in [6.45, 7) is 5.15. The zero-order chi connectivity index (χ0) is 23.3. The molecule has 0 saturated carbocycles. The molecule has 2 aromatic carbocycles. The van der Waals surface area contributed by atoms with Crippen molar-refractivity contribution < 1.29 is 22.3 Å². The summed E-state index contributed by atoms with van der Waals surface area (Å²) >= 11 is 5.97. The van der Waals surface area contributed by atoms with E-state index in [2.05, 4.69) is 11.4 Å². The lowest BCUT2D eigenvalue weighted by Gasteiger charge is -2.30. The van der Waals surface area contributed by atoms with E-state index in [9.17, 15) is 17.6 Å². The Morgan fingerprint density at radius 3 is 2.47 bits per heavy atom. The van der Waals surface area contributed by atoms with Crippen molar-refractivity contribution in [3.63, 3.8) is 0 Å². The molecule has 1 saturated heterocycles. The van der Waals surface area contributed by atoms with Crippen LogP contribution in [0, 0.1) is 25.6 Å². The van der Waals surface area contributed by atoms with Gasteiger partial charge in [-0.05, 0) is 62.1 Å². The third kappa shape index (κ3) is 6.43. The number of benzene rings is 2. The zero-order valence-corrected chi connectivity index (χ0v) is 19.8. The summed E-state index contributed by atoms with van der Waals surface area (Å²) in [4.78, 5) is 12.5. The number of hydrogen-bond acceptors (Lipinski definition) is 4. The molecule has 3 rings (SSSR count). The molecule has 6 nitrogen and oxygen atoms in total. The SMILES string of the molecule is Cc1cc(C)cc(OCCNC(=O)C2CCN(S(=O)(=O)Cc3c(F)cccc3Cl)CC2)c1. The van der Waals surface area contributed by atoms with E-state index in [0.29, 0.717) is 26.0 Å². The summed E-state index contributed by atoms with van der Waals surface area (Å²) < 4.78 is 46.4. The number of aryl methyl sites for hydroxylation is 2. The van der Waals surface area contributed by atoms with Crippen molar-refractivity contribution in [1.82, 2.24) is 9.62 Å². The number of hydrogen-bond donors (Lipinski definition) is 1. The minimum Gasteiger partial charge on any atom is -0.492 e. The second kappa shape index (κ2) is 10.6. The summed E-state index contributed by atoms with van der Waals surface area (Å²) in [7, 11) is -3.73. The van der Waals surface area contributed by atoms with Crippen molar-refractivity contribution >= 4 is 27.5 Å². The third-order valence-electron chi connectivity index (χ3n) is 5.47. The lowest BCUT2D eigenvalue weighted by atomic mass is 9.97. The second-order valence-corrected chi connectivity index (χ2v) is 10.5. The number of halogens is 2. The molecule has 0 spiro atoms. The number of carbonyl (C=O) groups is 1. The number of carbonyl (C=O) groups excluding carboxylic acids is 1. The molecule has 0 radical (unpaired) electrons. The van der Waals surface area contributed by atoms with Crippen LogP contribution in [0.5, 0.6) is 5.75 Å². The topological polar surface area (TPSA) is 75.7 Å².